The summed E-state index contributed by atoms with van der Waals surface area (Å²) >= 11 is 0. The van der Waals surface area contributed by atoms with E-state index in [0.717, 1.165) is 0 Å². The number of phenols is 1. The zero-order valence-electron chi connectivity index (χ0n) is 12.5. The molecule has 22 heavy (non-hydrogen) atoms. The van der Waals surface area contributed by atoms with Crippen LogP contribution in [0.2, 0.25) is 0 Å². The van der Waals surface area contributed by atoms with Gasteiger partial charge < -0.3 is 19.9 Å². The van der Waals surface area contributed by atoms with Crippen molar-refractivity contribution >= 4 is 23.5 Å². The van der Waals surface area contributed by atoms with Gasteiger partial charge in [0.15, 0.2) is 11.5 Å². The molecule has 7 heteroatoms. The van der Waals surface area contributed by atoms with E-state index in [1.165, 1.54) is 25.3 Å². The fourth-order valence-electron chi connectivity index (χ4n) is 1.59. The molecule has 0 spiro atoms. The minimum atomic E-state index is -0.489. The fraction of sp³-hybridized carbons (Fsp3) is 0.400. The van der Waals surface area contributed by atoms with Gasteiger partial charge in [0.1, 0.15) is 0 Å². The highest BCUT2D eigenvalue weighted by molar-refractivity contribution is 5.91. The third kappa shape index (κ3) is 5.82. The van der Waals surface area contributed by atoms with Crippen LogP contribution in [0.1, 0.15) is 32.6 Å². The third-order valence-electron chi connectivity index (χ3n) is 2.77. The van der Waals surface area contributed by atoms with Crippen LogP contribution in [0.5, 0.6) is 11.5 Å². The number of carbonyl (C=O) groups excluding carboxylic acids is 3. The number of benzene rings is 1. The van der Waals surface area contributed by atoms with Crippen LogP contribution in [-0.4, -0.2) is 30.1 Å². The molecule has 2 N–H and O–H groups in total. The molecule has 0 saturated carbocycles. The largest absolute Gasteiger partial charge is 0.504 e. The number of nitrogens with one attached hydrogen (secondary N) is 1. The molecule has 0 unspecified atom stereocenters. The van der Waals surface area contributed by atoms with Crippen molar-refractivity contribution in [3.05, 3.63) is 18.2 Å². The average molecular weight is 309 g/mol. The number of anilines is 1. The van der Waals surface area contributed by atoms with Crippen molar-refractivity contribution in [2.75, 3.05) is 12.4 Å². The van der Waals surface area contributed by atoms with E-state index in [2.05, 4.69) is 10.1 Å². The van der Waals surface area contributed by atoms with E-state index in [1.807, 2.05) is 0 Å². The van der Waals surface area contributed by atoms with Gasteiger partial charge in [-0.2, -0.15) is 0 Å². The molecule has 0 aliphatic rings. The van der Waals surface area contributed by atoms with Crippen molar-refractivity contribution < 1.29 is 29.0 Å². The number of methoxy groups -OCH3 is 1. The molecule has 7 nitrogen and oxygen atoms in total. The molecule has 0 bridgehead atoms. The van der Waals surface area contributed by atoms with Crippen LogP contribution in [0, 0.1) is 0 Å². The van der Waals surface area contributed by atoms with Crippen molar-refractivity contribution in [2.24, 2.45) is 0 Å². The number of phenolic OH excluding ortho intramolecular Hbond substituents is 1. The Hall–Kier alpha value is -2.57. The molecular weight excluding hydrogens is 290 g/mol. The number of hydrogen-bond acceptors (Lipinski definition) is 6. The first-order valence-electron chi connectivity index (χ1n) is 6.86. The topological polar surface area (TPSA) is 102 Å². The first-order valence-corrected chi connectivity index (χ1v) is 6.86. The summed E-state index contributed by atoms with van der Waals surface area (Å²) in [6, 6.07) is 4.17. The Bertz CT molecular complexity index is 555. The van der Waals surface area contributed by atoms with Crippen LogP contribution in [0.25, 0.3) is 0 Å². The normalized spacial score (nSPS) is 9.91. The Morgan fingerprint density at radius 3 is 2.55 bits per heavy atom. The van der Waals surface area contributed by atoms with Gasteiger partial charge in [-0.3, -0.25) is 14.4 Å². The number of ether oxygens (including phenoxy) is 2. The molecule has 0 aromatic heterocycles. The van der Waals surface area contributed by atoms with E-state index in [0.29, 0.717) is 12.1 Å². The van der Waals surface area contributed by atoms with Crippen molar-refractivity contribution in [1.82, 2.24) is 0 Å². The molecule has 1 aromatic rings. The Balaban J connectivity index is 2.58. The van der Waals surface area contributed by atoms with Gasteiger partial charge in [0, 0.05) is 31.0 Å². The quantitative estimate of drug-likeness (QED) is 0.454. The van der Waals surface area contributed by atoms with Crippen LogP contribution < -0.4 is 10.1 Å². The summed E-state index contributed by atoms with van der Waals surface area (Å²) in [5.41, 5.74) is 0.389. The van der Waals surface area contributed by atoms with Crippen molar-refractivity contribution in [2.45, 2.75) is 32.6 Å². The van der Waals surface area contributed by atoms with E-state index >= 15 is 0 Å². The van der Waals surface area contributed by atoms with E-state index in [9.17, 15) is 19.5 Å². The minimum Gasteiger partial charge on any atom is -0.504 e. The summed E-state index contributed by atoms with van der Waals surface area (Å²) in [5, 5.41) is 12.2. The Morgan fingerprint density at radius 1 is 1.18 bits per heavy atom. The summed E-state index contributed by atoms with van der Waals surface area (Å²) in [5.74, 6) is -1.35. The monoisotopic (exact) mass is 309 g/mol. The number of aromatic hydroxyl groups is 1. The van der Waals surface area contributed by atoms with Crippen LogP contribution in [0.15, 0.2) is 18.2 Å². The second-order valence-electron chi connectivity index (χ2n) is 4.49. The second kappa shape index (κ2) is 8.66. The molecule has 0 heterocycles. The standard InChI is InChI=1S/C15H19NO6/c1-3-14(19)22-12-9-10(7-8-11(12)17)16-13(18)5-4-6-15(20)21-2/h7-9,17H,3-6H2,1-2H3,(H,16,18). The zero-order chi connectivity index (χ0) is 16.5. The minimum absolute atomic E-state index is 0.0146. The lowest BCUT2D eigenvalue weighted by Gasteiger charge is -2.09. The fourth-order valence-corrected chi connectivity index (χ4v) is 1.59. The summed E-state index contributed by atoms with van der Waals surface area (Å²) in [4.78, 5) is 33.9. The third-order valence-corrected chi connectivity index (χ3v) is 2.77. The second-order valence-corrected chi connectivity index (χ2v) is 4.49. The van der Waals surface area contributed by atoms with Crippen molar-refractivity contribution in [3.63, 3.8) is 0 Å². The highest BCUT2D eigenvalue weighted by atomic mass is 16.5. The molecule has 120 valence electrons. The molecule has 0 saturated heterocycles. The van der Waals surface area contributed by atoms with Crippen molar-refractivity contribution in [1.29, 1.82) is 0 Å². The number of amides is 1. The van der Waals surface area contributed by atoms with Gasteiger partial charge >= 0.3 is 11.9 Å². The first-order chi connectivity index (χ1) is 10.5. The summed E-state index contributed by atoms with van der Waals surface area (Å²) in [6.07, 6.45) is 0.858. The SMILES string of the molecule is CCC(=O)Oc1cc(NC(=O)CCCC(=O)OC)ccc1O. The first kappa shape index (κ1) is 17.5. The van der Waals surface area contributed by atoms with Crippen LogP contribution >= 0.6 is 0 Å². The van der Waals surface area contributed by atoms with Gasteiger partial charge in [-0.1, -0.05) is 6.92 Å². The molecule has 1 amide bonds. The van der Waals surface area contributed by atoms with Gasteiger partial charge in [0.05, 0.1) is 7.11 Å². The highest BCUT2D eigenvalue weighted by Crippen LogP contribution is 2.29. The van der Waals surface area contributed by atoms with E-state index < -0.39 is 5.97 Å². The molecule has 1 aromatic carbocycles. The number of carbonyl (C=O) groups is 3. The summed E-state index contributed by atoms with van der Waals surface area (Å²) < 4.78 is 9.42. The number of rotatable bonds is 7. The van der Waals surface area contributed by atoms with Crippen molar-refractivity contribution in [3.8, 4) is 11.5 Å². The Kier molecular flexibility index (Phi) is 6.88. The molecule has 0 aliphatic heterocycles. The lowest BCUT2D eigenvalue weighted by Crippen LogP contribution is -2.12. The molecular formula is C15H19NO6. The molecule has 0 aliphatic carbocycles. The molecule has 0 fully saturated rings. The van der Waals surface area contributed by atoms with E-state index in [-0.39, 0.29) is 42.6 Å². The average Bonchev–Trinajstić information content (AvgIpc) is 2.50. The maximum atomic E-state index is 11.7. The van der Waals surface area contributed by atoms with Gasteiger partial charge in [-0.25, -0.2) is 0 Å². The summed E-state index contributed by atoms with van der Waals surface area (Å²) in [7, 11) is 1.29. The molecule has 1 rings (SSSR count). The predicted octanol–water partition coefficient (Wildman–Crippen LogP) is 1.99. The van der Waals surface area contributed by atoms with Gasteiger partial charge in [-0.05, 0) is 18.6 Å². The molecule has 0 atom stereocenters. The van der Waals surface area contributed by atoms with E-state index in [4.69, 9.17) is 4.74 Å². The predicted molar refractivity (Wildman–Crippen MR) is 78.5 cm³/mol. The van der Waals surface area contributed by atoms with Gasteiger partial charge in [0.2, 0.25) is 5.91 Å². The van der Waals surface area contributed by atoms with Crippen LogP contribution in [0.3, 0.4) is 0 Å². The van der Waals surface area contributed by atoms with Gasteiger partial charge in [0.25, 0.3) is 0 Å². The summed E-state index contributed by atoms with van der Waals surface area (Å²) in [6.45, 7) is 1.63. The zero-order valence-corrected chi connectivity index (χ0v) is 12.5. The molecule has 0 radical (unpaired) electrons. The lowest BCUT2D eigenvalue weighted by molar-refractivity contribution is -0.140. The highest BCUT2D eigenvalue weighted by Gasteiger charge is 2.10. The maximum absolute atomic E-state index is 11.7. The number of esters is 2. The Morgan fingerprint density at radius 2 is 1.91 bits per heavy atom. The maximum Gasteiger partial charge on any atom is 0.311 e. The van der Waals surface area contributed by atoms with Gasteiger partial charge in [-0.15, -0.1) is 0 Å². The smallest absolute Gasteiger partial charge is 0.311 e. The lowest BCUT2D eigenvalue weighted by atomic mass is 10.2. The van der Waals surface area contributed by atoms with Crippen LogP contribution in [-0.2, 0) is 19.1 Å². The van der Waals surface area contributed by atoms with E-state index in [1.54, 1.807) is 6.92 Å². The Labute approximate surface area is 128 Å². The van der Waals surface area contributed by atoms with Crippen LogP contribution in [0.4, 0.5) is 5.69 Å². The number of hydrogen-bond donors (Lipinski definition) is 2.